The van der Waals surface area contributed by atoms with Crippen LogP contribution in [0.4, 0.5) is 0 Å². The summed E-state index contributed by atoms with van der Waals surface area (Å²) in [6.07, 6.45) is 0.917. The average molecular weight is 252 g/mol. The van der Waals surface area contributed by atoms with Gasteiger partial charge in [0.25, 0.3) is 5.91 Å². The lowest BCUT2D eigenvalue weighted by molar-refractivity contribution is -0.125. The molecular formula is C15H12N2O2. The van der Waals surface area contributed by atoms with Crippen LogP contribution >= 0.6 is 0 Å². The van der Waals surface area contributed by atoms with Gasteiger partial charge in [-0.05, 0) is 16.3 Å². The Bertz CT molecular complexity index is 699. The molecule has 94 valence electrons. The predicted octanol–water partition coefficient (Wildman–Crippen LogP) is 3.19. The molecule has 0 radical (unpaired) electrons. The number of nitrogens with zero attached hydrogens (tertiary/aromatic N) is 2. The van der Waals surface area contributed by atoms with Gasteiger partial charge in [0.1, 0.15) is 0 Å². The van der Waals surface area contributed by atoms with Crippen molar-refractivity contribution in [3.05, 3.63) is 54.2 Å². The molecule has 0 bridgehead atoms. The van der Waals surface area contributed by atoms with Crippen molar-refractivity contribution < 1.29 is 9.53 Å². The second-order valence-corrected chi connectivity index (χ2v) is 4.28. The van der Waals surface area contributed by atoms with Crippen molar-refractivity contribution in [3.63, 3.8) is 0 Å². The molecule has 1 aliphatic rings. The van der Waals surface area contributed by atoms with Gasteiger partial charge in [0.05, 0.1) is 6.20 Å². The molecule has 3 rings (SSSR count). The van der Waals surface area contributed by atoms with E-state index in [1.54, 1.807) is 6.20 Å². The second kappa shape index (κ2) is 4.74. The summed E-state index contributed by atoms with van der Waals surface area (Å²) in [5.41, 5.74) is 1.70. The van der Waals surface area contributed by atoms with Crippen molar-refractivity contribution in [2.45, 2.75) is 6.10 Å². The van der Waals surface area contributed by atoms with Crippen molar-refractivity contribution in [2.24, 2.45) is 10.2 Å². The lowest BCUT2D eigenvalue weighted by atomic mass is 9.94. The molecule has 0 aliphatic carbocycles. The Hall–Kier alpha value is -2.33. The minimum absolute atomic E-state index is 0.368. The van der Waals surface area contributed by atoms with Crippen molar-refractivity contribution >= 4 is 22.3 Å². The van der Waals surface area contributed by atoms with Gasteiger partial charge in [-0.3, -0.25) is 4.79 Å². The zero-order valence-electron chi connectivity index (χ0n) is 10.4. The molecule has 1 unspecified atom stereocenters. The number of amides is 1. The van der Waals surface area contributed by atoms with Gasteiger partial charge in [-0.15, -0.1) is 5.11 Å². The molecule has 0 saturated carbocycles. The number of fused-ring (bicyclic) bond motifs is 1. The van der Waals surface area contributed by atoms with Crippen LogP contribution in [-0.2, 0) is 9.53 Å². The van der Waals surface area contributed by atoms with Gasteiger partial charge in [-0.1, -0.05) is 42.5 Å². The number of azo groups is 1. The SMILES string of the molecule is COC1C(=O)N=NC=C1c1cccc2ccccc12. The van der Waals surface area contributed by atoms with Gasteiger partial charge < -0.3 is 4.74 Å². The number of ether oxygens (including phenoxy) is 1. The minimum atomic E-state index is -0.677. The highest BCUT2D eigenvalue weighted by atomic mass is 16.5. The summed E-state index contributed by atoms with van der Waals surface area (Å²) in [5, 5.41) is 9.47. The van der Waals surface area contributed by atoms with Crippen molar-refractivity contribution in [1.29, 1.82) is 0 Å². The van der Waals surface area contributed by atoms with Gasteiger partial charge in [0, 0.05) is 12.7 Å². The normalized spacial score (nSPS) is 18.7. The molecule has 0 saturated heterocycles. The van der Waals surface area contributed by atoms with Gasteiger partial charge >= 0.3 is 0 Å². The standard InChI is InChI=1S/C15H12N2O2/c1-19-14-13(9-16-17-15(14)18)12-8-4-6-10-5-2-3-7-11(10)12/h2-9,14H,1H3. The smallest absolute Gasteiger partial charge is 0.297 e. The van der Waals surface area contributed by atoms with E-state index in [-0.39, 0.29) is 5.91 Å². The number of hydrogen-bond donors (Lipinski definition) is 0. The van der Waals surface area contributed by atoms with Crippen LogP contribution in [0, 0.1) is 0 Å². The molecule has 19 heavy (non-hydrogen) atoms. The van der Waals surface area contributed by atoms with E-state index < -0.39 is 6.10 Å². The number of carbonyl (C=O) groups is 1. The second-order valence-electron chi connectivity index (χ2n) is 4.28. The summed E-state index contributed by atoms with van der Waals surface area (Å²) in [6, 6.07) is 14.0. The third-order valence-corrected chi connectivity index (χ3v) is 3.20. The van der Waals surface area contributed by atoms with Crippen LogP contribution in [0.1, 0.15) is 5.56 Å². The fourth-order valence-electron chi connectivity index (χ4n) is 2.32. The molecule has 0 N–H and O–H groups in total. The fourth-order valence-corrected chi connectivity index (χ4v) is 2.32. The number of benzene rings is 2. The van der Waals surface area contributed by atoms with Crippen molar-refractivity contribution in [1.82, 2.24) is 0 Å². The predicted molar refractivity (Wildman–Crippen MR) is 72.6 cm³/mol. The van der Waals surface area contributed by atoms with Gasteiger partial charge in [0.15, 0.2) is 6.10 Å². The highest BCUT2D eigenvalue weighted by molar-refractivity contribution is 6.02. The van der Waals surface area contributed by atoms with Gasteiger partial charge in [-0.25, -0.2) is 0 Å². The van der Waals surface area contributed by atoms with Crippen LogP contribution in [-0.4, -0.2) is 19.1 Å². The third kappa shape index (κ3) is 1.96. The molecule has 0 fully saturated rings. The van der Waals surface area contributed by atoms with Crippen LogP contribution in [0.2, 0.25) is 0 Å². The van der Waals surface area contributed by atoms with Gasteiger partial charge in [0.2, 0.25) is 0 Å². The summed E-state index contributed by atoms with van der Waals surface area (Å²) in [6.45, 7) is 0. The third-order valence-electron chi connectivity index (χ3n) is 3.20. The zero-order valence-corrected chi connectivity index (χ0v) is 10.4. The maximum atomic E-state index is 11.7. The molecule has 1 aliphatic heterocycles. The average Bonchev–Trinajstić information content (AvgIpc) is 2.46. The molecule has 4 heteroatoms. The first-order valence-corrected chi connectivity index (χ1v) is 5.97. The molecule has 4 nitrogen and oxygen atoms in total. The topological polar surface area (TPSA) is 51.0 Å². The Labute approximate surface area is 110 Å². The highest BCUT2D eigenvalue weighted by Crippen LogP contribution is 2.30. The van der Waals surface area contributed by atoms with Crippen LogP contribution in [0.25, 0.3) is 16.3 Å². The van der Waals surface area contributed by atoms with Crippen molar-refractivity contribution in [2.75, 3.05) is 7.11 Å². The Balaban J connectivity index is 2.21. The highest BCUT2D eigenvalue weighted by Gasteiger charge is 2.27. The zero-order chi connectivity index (χ0) is 13.2. The van der Waals surface area contributed by atoms with E-state index >= 15 is 0 Å². The van der Waals surface area contributed by atoms with E-state index in [9.17, 15) is 4.79 Å². The summed E-state index contributed by atoms with van der Waals surface area (Å²) in [4.78, 5) is 11.7. The Morgan fingerprint density at radius 2 is 1.89 bits per heavy atom. The Kier molecular flexibility index (Phi) is 2.93. The Morgan fingerprint density at radius 1 is 1.11 bits per heavy atom. The Morgan fingerprint density at radius 3 is 2.74 bits per heavy atom. The first-order valence-electron chi connectivity index (χ1n) is 5.97. The fraction of sp³-hybridized carbons (Fsp3) is 0.133. The number of carbonyl (C=O) groups excluding carboxylic acids is 1. The van der Waals surface area contributed by atoms with E-state index in [0.717, 1.165) is 21.9 Å². The van der Waals surface area contributed by atoms with Gasteiger partial charge in [-0.2, -0.15) is 5.11 Å². The number of hydrogen-bond acceptors (Lipinski definition) is 3. The largest absolute Gasteiger partial charge is 0.367 e. The van der Waals surface area contributed by atoms with Crippen LogP contribution in [0.3, 0.4) is 0 Å². The first-order chi connectivity index (χ1) is 9.31. The van der Waals surface area contributed by atoms with E-state index in [1.807, 2.05) is 42.5 Å². The molecule has 1 heterocycles. The van der Waals surface area contributed by atoms with E-state index in [0.29, 0.717) is 0 Å². The monoisotopic (exact) mass is 252 g/mol. The molecule has 1 atom stereocenters. The molecule has 0 spiro atoms. The molecule has 1 amide bonds. The minimum Gasteiger partial charge on any atom is -0.367 e. The molecular weight excluding hydrogens is 240 g/mol. The maximum Gasteiger partial charge on any atom is 0.297 e. The first kappa shape index (κ1) is 11.7. The lowest BCUT2D eigenvalue weighted by Gasteiger charge is -2.18. The molecule has 0 aromatic heterocycles. The summed E-state index contributed by atoms with van der Waals surface area (Å²) < 4.78 is 5.25. The summed E-state index contributed by atoms with van der Waals surface area (Å²) in [5.74, 6) is -0.368. The number of rotatable bonds is 2. The van der Waals surface area contributed by atoms with E-state index in [4.69, 9.17) is 4.74 Å². The quantitative estimate of drug-likeness (QED) is 0.824. The van der Waals surface area contributed by atoms with Crippen molar-refractivity contribution in [3.8, 4) is 0 Å². The molecule has 2 aromatic carbocycles. The van der Waals surface area contributed by atoms with Crippen LogP contribution < -0.4 is 0 Å². The van der Waals surface area contributed by atoms with E-state index in [2.05, 4.69) is 10.2 Å². The lowest BCUT2D eigenvalue weighted by Crippen LogP contribution is -2.24. The maximum absolute atomic E-state index is 11.7. The molecule has 2 aromatic rings. The summed E-state index contributed by atoms with van der Waals surface area (Å²) in [7, 11) is 1.50. The van der Waals surface area contributed by atoms with Crippen LogP contribution in [0.5, 0.6) is 0 Å². The van der Waals surface area contributed by atoms with Crippen LogP contribution in [0.15, 0.2) is 58.9 Å². The summed E-state index contributed by atoms with van der Waals surface area (Å²) >= 11 is 0. The van der Waals surface area contributed by atoms with E-state index in [1.165, 1.54) is 7.11 Å². The number of methoxy groups -OCH3 is 1.